The van der Waals surface area contributed by atoms with Crippen molar-refractivity contribution in [3.05, 3.63) is 23.3 Å². The van der Waals surface area contributed by atoms with Crippen LogP contribution in [0.5, 0.6) is 11.5 Å². The highest BCUT2D eigenvalue weighted by Crippen LogP contribution is 2.31. The molecule has 5 nitrogen and oxygen atoms in total. The summed E-state index contributed by atoms with van der Waals surface area (Å²) in [5.41, 5.74) is 0.574. The zero-order valence-corrected chi connectivity index (χ0v) is 8.98. The summed E-state index contributed by atoms with van der Waals surface area (Å²) in [5.74, 6) is -0.526. The van der Waals surface area contributed by atoms with Crippen LogP contribution in [0.2, 0.25) is 0 Å². The molecule has 0 bridgehead atoms. The van der Waals surface area contributed by atoms with Gasteiger partial charge in [0.2, 0.25) is 0 Å². The molecule has 0 spiro atoms. The Balaban J connectivity index is 3.29. The summed E-state index contributed by atoms with van der Waals surface area (Å²) >= 11 is 0. The van der Waals surface area contributed by atoms with E-state index in [1.807, 2.05) is 6.07 Å². The van der Waals surface area contributed by atoms with E-state index in [0.717, 1.165) is 0 Å². The first-order valence-electron chi connectivity index (χ1n) is 4.49. The van der Waals surface area contributed by atoms with Crippen LogP contribution in [0.1, 0.15) is 15.9 Å². The van der Waals surface area contributed by atoms with Gasteiger partial charge in [-0.2, -0.15) is 5.26 Å². The number of phenols is 1. The number of carbonyl (C=O) groups is 1. The Labute approximate surface area is 92.8 Å². The molecule has 0 saturated heterocycles. The van der Waals surface area contributed by atoms with Crippen LogP contribution in [-0.4, -0.2) is 25.3 Å². The molecular formula is C11H11NO4. The molecule has 0 aliphatic carbocycles. The van der Waals surface area contributed by atoms with Gasteiger partial charge in [0.1, 0.15) is 0 Å². The summed E-state index contributed by atoms with van der Waals surface area (Å²) in [6, 6.07) is 4.67. The summed E-state index contributed by atoms with van der Waals surface area (Å²) < 4.78 is 9.45. The fourth-order valence-electron chi connectivity index (χ4n) is 1.28. The highest BCUT2D eigenvalue weighted by molar-refractivity contribution is 5.90. The van der Waals surface area contributed by atoms with Crippen molar-refractivity contribution >= 4 is 5.97 Å². The third kappa shape index (κ3) is 2.23. The van der Waals surface area contributed by atoms with Crippen LogP contribution in [0.15, 0.2) is 12.1 Å². The summed E-state index contributed by atoms with van der Waals surface area (Å²) in [5, 5.41) is 18.2. The lowest BCUT2D eigenvalue weighted by molar-refractivity contribution is 0.0600. The standard InChI is InChI=1S/C11H11NO4/c1-15-9-6-8(11(14)16-2)5-7(3-4-12)10(9)13/h5-6,13H,3H2,1-2H3. The fourth-order valence-corrected chi connectivity index (χ4v) is 1.28. The van der Waals surface area contributed by atoms with E-state index in [-0.39, 0.29) is 23.5 Å². The van der Waals surface area contributed by atoms with Crippen molar-refractivity contribution in [2.45, 2.75) is 6.42 Å². The number of phenolic OH excluding ortho intramolecular Hbond substituents is 1. The topological polar surface area (TPSA) is 79.6 Å². The van der Waals surface area contributed by atoms with Gasteiger partial charge in [-0.1, -0.05) is 0 Å². The Morgan fingerprint density at radius 3 is 2.69 bits per heavy atom. The Hall–Kier alpha value is -2.22. The van der Waals surface area contributed by atoms with Crippen molar-refractivity contribution in [1.82, 2.24) is 0 Å². The number of benzene rings is 1. The van der Waals surface area contributed by atoms with Crippen molar-refractivity contribution < 1.29 is 19.4 Å². The molecule has 16 heavy (non-hydrogen) atoms. The van der Waals surface area contributed by atoms with Gasteiger partial charge in [-0.25, -0.2) is 4.79 Å². The van der Waals surface area contributed by atoms with Crippen LogP contribution in [0.25, 0.3) is 0 Å². The Morgan fingerprint density at radius 2 is 2.19 bits per heavy atom. The predicted octanol–water partition coefficient (Wildman–Crippen LogP) is 1.25. The van der Waals surface area contributed by atoms with Crippen molar-refractivity contribution in [2.24, 2.45) is 0 Å². The molecule has 1 rings (SSSR count). The number of rotatable bonds is 3. The minimum Gasteiger partial charge on any atom is -0.504 e. The molecular weight excluding hydrogens is 210 g/mol. The van der Waals surface area contributed by atoms with Crippen molar-refractivity contribution in [3.8, 4) is 17.6 Å². The van der Waals surface area contributed by atoms with E-state index >= 15 is 0 Å². The molecule has 0 saturated carbocycles. The Kier molecular flexibility index (Phi) is 3.72. The summed E-state index contributed by atoms with van der Waals surface area (Å²) in [6.45, 7) is 0. The van der Waals surface area contributed by atoms with E-state index in [9.17, 15) is 9.90 Å². The molecule has 0 amide bonds. The monoisotopic (exact) mass is 221 g/mol. The molecule has 0 atom stereocenters. The first-order chi connectivity index (χ1) is 7.63. The van der Waals surface area contributed by atoms with Gasteiger partial charge in [0, 0.05) is 5.56 Å². The first-order valence-corrected chi connectivity index (χ1v) is 4.49. The molecule has 0 heterocycles. The molecule has 0 radical (unpaired) electrons. The minimum atomic E-state index is -0.544. The molecule has 1 aromatic rings. The van der Waals surface area contributed by atoms with Crippen molar-refractivity contribution in [3.63, 3.8) is 0 Å². The second-order valence-electron chi connectivity index (χ2n) is 3.01. The maximum Gasteiger partial charge on any atom is 0.337 e. The molecule has 1 aromatic carbocycles. The molecule has 0 unspecified atom stereocenters. The maximum absolute atomic E-state index is 11.3. The normalized spacial score (nSPS) is 9.31. The summed E-state index contributed by atoms with van der Waals surface area (Å²) in [4.78, 5) is 11.3. The van der Waals surface area contributed by atoms with Gasteiger partial charge >= 0.3 is 5.97 Å². The number of carbonyl (C=O) groups excluding carboxylic acids is 1. The number of nitriles is 1. The quantitative estimate of drug-likeness (QED) is 0.777. The van der Waals surface area contributed by atoms with E-state index in [1.54, 1.807) is 0 Å². The van der Waals surface area contributed by atoms with Crippen LogP contribution in [0, 0.1) is 11.3 Å². The van der Waals surface area contributed by atoms with Crippen LogP contribution in [0.3, 0.4) is 0 Å². The highest BCUT2D eigenvalue weighted by Gasteiger charge is 2.14. The Morgan fingerprint density at radius 1 is 1.50 bits per heavy atom. The van der Waals surface area contributed by atoms with Crippen molar-refractivity contribution in [1.29, 1.82) is 5.26 Å². The van der Waals surface area contributed by atoms with E-state index < -0.39 is 5.97 Å². The molecule has 0 aliphatic heterocycles. The Bertz CT molecular complexity index is 448. The van der Waals surface area contributed by atoms with Crippen LogP contribution >= 0.6 is 0 Å². The number of hydrogen-bond donors (Lipinski definition) is 1. The fraction of sp³-hybridized carbons (Fsp3) is 0.273. The SMILES string of the molecule is COC(=O)c1cc(CC#N)c(O)c(OC)c1. The summed E-state index contributed by atoms with van der Waals surface area (Å²) in [6.07, 6.45) is -0.00692. The molecule has 0 fully saturated rings. The van der Waals surface area contributed by atoms with E-state index in [2.05, 4.69) is 4.74 Å². The average Bonchev–Trinajstić information content (AvgIpc) is 2.31. The van der Waals surface area contributed by atoms with E-state index in [1.165, 1.54) is 26.4 Å². The van der Waals surface area contributed by atoms with Gasteiger partial charge in [-0.3, -0.25) is 0 Å². The molecule has 5 heteroatoms. The second kappa shape index (κ2) is 5.03. The zero-order valence-electron chi connectivity index (χ0n) is 8.98. The lowest BCUT2D eigenvalue weighted by atomic mass is 10.1. The smallest absolute Gasteiger partial charge is 0.337 e. The number of methoxy groups -OCH3 is 2. The molecule has 84 valence electrons. The van der Waals surface area contributed by atoms with Crippen LogP contribution in [0.4, 0.5) is 0 Å². The molecule has 0 aromatic heterocycles. The van der Waals surface area contributed by atoms with E-state index in [0.29, 0.717) is 5.56 Å². The second-order valence-corrected chi connectivity index (χ2v) is 3.01. The summed E-state index contributed by atoms with van der Waals surface area (Å²) in [7, 11) is 2.62. The number of nitrogens with zero attached hydrogens (tertiary/aromatic N) is 1. The van der Waals surface area contributed by atoms with Gasteiger partial charge in [0.05, 0.1) is 32.3 Å². The average molecular weight is 221 g/mol. The van der Waals surface area contributed by atoms with Gasteiger partial charge in [0.25, 0.3) is 0 Å². The third-order valence-electron chi connectivity index (χ3n) is 2.06. The third-order valence-corrected chi connectivity index (χ3v) is 2.06. The minimum absolute atomic E-state index is 0.00692. The maximum atomic E-state index is 11.3. The van der Waals surface area contributed by atoms with Gasteiger partial charge < -0.3 is 14.6 Å². The molecule has 1 N–H and O–H groups in total. The first kappa shape index (κ1) is 11.9. The number of hydrogen-bond acceptors (Lipinski definition) is 5. The number of ether oxygens (including phenoxy) is 2. The van der Waals surface area contributed by atoms with Gasteiger partial charge in [-0.05, 0) is 12.1 Å². The lowest BCUT2D eigenvalue weighted by Gasteiger charge is -2.09. The van der Waals surface area contributed by atoms with Crippen LogP contribution < -0.4 is 4.74 Å². The molecule has 0 aliphatic rings. The predicted molar refractivity (Wildman–Crippen MR) is 55.3 cm³/mol. The van der Waals surface area contributed by atoms with Gasteiger partial charge in [-0.15, -0.1) is 0 Å². The van der Waals surface area contributed by atoms with E-state index in [4.69, 9.17) is 10.00 Å². The lowest BCUT2D eigenvalue weighted by Crippen LogP contribution is -2.03. The van der Waals surface area contributed by atoms with Crippen molar-refractivity contribution in [2.75, 3.05) is 14.2 Å². The van der Waals surface area contributed by atoms with Crippen LogP contribution in [-0.2, 0) is 11.2 Å². The zero-order chi connectivity index (χ0) is 12.1. The highest BCUT2D eigenvalue weighted by atomic mass is 16.5. The largest absolute Gasteiger partial charge is 0.504 e. The number of aromatic hydroxyl groups is 1. The number of esters is 1. The van der Waals surface area contributed by atoms with Gasteiger partial charge in [0.15, 0.2) is 11.5 Å².